The number of aromatic nitrogens is 2. The molecule has 1 N–H and O–H groups in total. The quantitative estimate of drug-likeness (QED) is 0.386. The first kappa shape index (κ1) is 21.2. The van der Waals surface area contributed by atoms with Gasteiger partial charge >= 0.3 is 0 Å². The lowest BCUT2D eigenvalue weighted by atomic mass is 10.0. The molecule has 7 heteroatoms. The first-order valence-corrected chi connectivity index (χ1v) is 9.97. The highest BCUT2D eigenvalue weighted by molar-refractivity contribution is 14.0. The maximum Gasteiger partial charge on any atom is 0.193 e. The molecular weight excluding hydrogens is 457 g/mol. The summed E-state index contributed by atoms with van der Waals surface area (Å²) >= 11 is 1.84. The summed E-state index contributed by atoms with van der Waals surface area (Å²) in [4.78, 5) is 8.36. The summed E-state index contributed by atoms with van der Waals surface area (Å²) in [7, 11) is 3.87. The van der Waals surface area contributed by atoms with Crippen LogP contribution in [0.15, 0.2) is 34.9 Å². The van der Waals surface area contributed by atoms with Crippen LogP contribution in [0.1, 0.15) is 23.8 Å². The Balaban J connectivity index is 0.00000243. The van der Waals surface area contributed by atoms with E-state index in [9.17, 15) is 0 Å². The molecule has 1 aliphatic heterocycles. The van der Waals surface area contributed by atoms with Crippen molar-refractivity contribution in [1.29, 1.82) is 0 Å². The summed E-state index contributed by atoms with van der Waals surface area (Å²) in [5.41, 5.74) is 1.34. The van der Waals surface area contributed by atoms with Crippen molar-refractivity contribution in [3.05, 3.63) is 40.3 Å². The average Bonchev–Trinajstić information content (AvgIpc) is 3.32. The zero-order valence-electron chi connectivity index (χ0n) is 15.9. The van der Waals surface area contributed by atoms with Gasteiger partial charge in [0.05, 0.1) is 6.20 Å². The van der Waals surface area contributed by atoms with Gasteiger partial charge in [0.1, 0.15) is 0 Å². The van der Waals surface area contributed by atoms with Crippen LogP contribution in [0, 0.1) is 11.8 Å². The highest BCUT2D eigenvalue weighted by atomic mass is 127. The fourth-order valence-electron chi connectivity index (χ4n) is 3.54. The summed E-state index contributed by atoms with van der Waals surface area (Å²) in [5, 5.41) is 10.0. The van der Waals surface area contributed by atoms with Crippen LogP contribution in [-0.4, -0.2) is 47.3 Å². The Kier molecular flexibility index (Phi) is 8.40. The van der Waals surface area contributed by atoms with Crippen LogP contribution < -0.4 is 5.32 Å². The predicted molar refractivity (Wildman–Crippen MR) is 121 cm³/mol. The third-order valence-electron chi connectivity index (χ3n) is 4.82. The van der Waals surface area contributed by atoms with Gasteiger partial charge in [0.15, 0.2) is 5.96 Å². The minimum Gasteiger partial charge on any atom is -0.356 e. The molecule has 2 aromatic rings. The fourth-order valence-corrected chi connectivity index (χ4v) is 4.41. The van der Waals surface area contributed by atoms with Crippen molar-refractivity contribution >= 4 is 41.3 Å². The molecule has 0 radical (unpaired) electrons. The van der Waals surface area contributed by atoms with Gasteiger partial charge < -0.3 is 10.2 Å². The Hall–Kier alpha value is -1.09. The molecule has 5 nitrogen and oxygen atoms in total. The summed E-state index contributed by atoms with van der Waals surface area (Å²) < 4.78 is 1.89. The largest absolute Gasteiger partial charge is 0.356 e. The Labute approximate surface area is 177 Å². The number of nitrogens with zero attached hydrogens (tertiary/aromatic N) is 4. The predicted octanol–water partition coefficient (Wildman–Crippen LogP) is 3.42. The van der Waals surface area contributed by atoms with E-state index in [0.717, 1.165) is 38.4 Å². The van der Waals surface area contributed by atoms with Gasteiger partial charge in [0.2, 0.25) is 0 Å². The van der Waals surface area contributed by atoms with E-state index < -0.39 is 0 Å². The summed E-state index contributed by atoms with van der Waals surface area (Å²) in [6, 6.07) is 4.35. The van der Waals surface area contributed by atoms with Crippen LogP contribution in [0.25, 0.3) is 0 Å². The van der Waals surface area contributed by atoms with E-state index in [2.05, 4.69) is 50.9 Å². The van der Waals surface area contributed by atoms with Gasteiger partial charge in [-0.15, -0.1) is 35.3 Å². The van der Waals surface area contributed by atoms with E-state index in [0.29, 0.717) is 11.8 Å². The average molecular weight is 487 g/mol. The van der Waals surface area contributed by atoms with E-state index in [1.165, 1.54) is 16.9 Å². The van der Waals surface area contributed by atoms with Crippen molar-refractivity contribution in [3.63, 3.8) is 0 Å². The third-order valence-corrected chi connectivity index (χ3v) is 5.72. The molecule has 0 aromatic carbocycles. The molecule has 0 spiro atoms. The molecule has 3 rings (SSSR count). The standard InChI is InChI=1S/C19H29N5S.HI/c1-15(9-18-5-4-8-25-18)11-21-19(20-2)24-7-6-16(14-24)10-17-12-22-23(3)13-17;/h4-5,8,12-13,15-16H,6-7,9-11,14H2,1-3H3,(H,20,21);1H. The number of nitrogens with one attached hydrogen (secondary N) is 1. The van der Waals surface area contributed by atoms with E-state index in [4.69, 9.17) is 0 Å². The van der Waals surface area contributed by atoms with Gasteiger partial charge in [0.25, 0.3) is 0 Å². The molecule has 1 saturated heterocycles. The van der Waals surface area contributed by atoms with Gasteiger partial charge in [0, 0.05) is 44.8 Å². The summed E-state index contributed by atoms with van der Waals surface area (Å²) in [6.07, 6.45) is 7.58. The highest BCUT2D eigenvalue weighted by Crippen LogP contribution is 2.21. The lowest BCUT2D eigenvalue weighted by Gasteiger charge is -2.23. The van der Waals surface area contributed by atoms with Crippen LogP contribution in [0.2, 0.25) is 0 Å². The zero-order chi connectivity index (χ0) is 17.6. The van der Waals surface area contributed by atoms with Gasteiger partial charge in [-0.1, -0.05) is 13.0 Å². The molecule has 3 heterocycles. The first-order valence-electron chi connectivity index (χ1n) is 9.09. The number of halogens is 1. The fraction of sp³-hybridized carbons (Fsp3) is 0.579. The maximum absolute atomic E-state index is 4.50. The Morgan fingerprint density at radius 1 is 1.50 bits per heavy atom. The maximum atomic E-state index is 4.50. The number of hydrogen-bond donors (Lipinski definition) is 1. The molecule has 26 heavy (non-hydrogen) atoms. The van der Waals surface area contributed by atoms with Crippen LogP contribution in [0.4, 0.5) is 0 Å². The van der Waals surface area contributed by atoms with E-state index in [1.54, 1.807) is 0 Å². The van der Waals surface area contributed by atoms with Crippen molar-refractivity contribution in [3.8, 4) is 0 Å². The molecule has 2 aromatic heterocycles. The van der Waals surface area contributed by atoms with Crippen LogP contribution in [-0.2, 0) is 19.9 Å². The number of aryl methyl sites for hydroxylation is 1. The number of aliphatic imine (C=N–C) groups is 1. The molecule has 0 amide bonds. The summed E-state index contributed by atoms with van der Waals surface area (Å²) in [5.74, 6) is 2.34. The van der Waals surface area contributed by atoms with Crippen LogP contribution >= 0.6 is 35.3 Å². The van der Waals surface area contributed by atoms with Crippen molar-refractivity contribution in [1.82, 2.24) is 20.0 Å². The molecule has 1 fully saturated rings. The van der Waals surface area contributed by atoms with Gasteiger partial charge in [-0.2, -0.15) is 5.10 Å². The molecule has 2 unspecified atom stereocenters. The topological polar surface area (TPSA) is 45.5 Å². The minimum atomic E-state index is 0. The Morgan fingerprint density at radius 3 is 3.00 bits per heavy atom. The second-order valence-corrected chi connectivity index (χ2v) is 8.18. The number of guanidine groups is 1. The highest BCUT2D eigenvalue weighted by Gasteiger charge is 2.25. The van der Waals surface area contributed by atoms with E-state index in [1.807, 2.05) is 36.3 Å². The molecule has 0 bridgehead atoms. The Bertz CT molecular complexity index is 682. The van der Waals surface area contributed by atoms with Crippen LogP contribution in [0.3, 0.4) is 0 Å². The van der Waals surface area contributed by atoms with Crippen molar-refractivity contribution in [2.75, 3.05) is 26.7 Å². The second-order valence-electron chi connectivity index (χ2n) is 7.14. The second kappa shape index (κ2) is 10.3. The lowest BCUT2D eigenvalue weighted by molar-refractivity contribution is 0.449. The molecule has 2 atom stereocenters. The smallest absolute Gasteiger partial charge is 0.193 e. The van der Waals surface area contributed by atoms with Gasteiger partial charge in [-0.3, -0.25) is 9.67 Å². The van der Waals surface area contributed by atoms with Crippen LogP contribution in [0.5, 0.6) is 0 Å². The van der Waals surface area contributed by atoms with Crippen molar-refractivity contribution in [2.24, 2.45) is 23.9 Å². The van der Waals surface area contributed by atoms with Crippen molar-refractivity contribution < 1.29 is 0 Å². The molecule has 0 saturated carbocycles. The van der Waals surface area contributed by atoms with Crippen molar-refractivity contribution in [2.45, 2.75) is 26.2 Å². The van der Waals surface area contributed by atoms with E-state index >= 15 is 0 Å². The molecule has 144 valence electrons. The normalized spacial score (nSPS) is 18.7. The zero-order valence-corrected chi connectivity index (χ0v) is 19.0. The Morgan fingerprint density at radius 2 is 2.35 bits per heavy atom. The molecule has 0 aliphatic carbocycles. The lowest BCUT2D eigenvalue weighted by Crippen LogP contribution is -2.42. The minimum absolute atomic E-state index is 0. The third kappa shape index (κ3) is 5.97. The van der Waals surface area contributed by atoms with Gasteiger partial charge in [-0.25, -0.2) is 0 Å². The summed E-state index contributed by atoms with van der Waals surface area (Å²) in [6.45, 7) is 5.43. The monoisotopic (exact) mass is 487 g/mol. The SMILES string of the molecule is CN=C(NCC(C)Cc1cccs1)N1CCC(Cc2cnn(C)c2)C1.I. The number of rotatable bonds is 6. The van der Waals surface area contributed by atoms with E-state index in [-0.39, 0.29) is 24.0 Å². The number of thiophene rings is 1. The molecular formula is C19H30IN5S. The molecule has 1 aliphatic rings. The number of likely N-dealkylation sites (tertiary alicyclic amines) is 1. The first-order chi connectivity index (χ1) is 12.1. The van der Waals surface area contributed by atoms with Gasteiger partial charge in [-0.05, 0) is 48.1 Å². The number of hydrogen-bond acceptors (Lipinski definition) is 3.